The van der Waals surface area contributed by atoms with Crippen LogP contribution < -0.4 is 4.74 Å². The van der Waals surface area contributed by atoms with E-state index >= 15 is 0 Å². The molecule has 4 aromatic rings. The van der Waals surface area contributed by atoms with Crippen molar-refractivity contribution in [1.82, 2.24) is 10.1 Å². The lowest BCUT2D eigenvalue weighted by Crippen LogP contribution is -2.12. The van der Waals surface area contributed by atoms with E-state index in [0.29, 0.717) is 32.6 Å². The summed E-state index contributed by atoms with van der Waals surface area (Å²) in [6.07, 6.45) is 0.209. The fourth-order valence-corrected chi connectivity index (χ4v) is 4.62. The van der Waals surface area contributed by atoms with E-state index in [2.05, 4.69) is 10.1 Å². The molecule has 37 heavy (non-hydrogen) atoms. The highest BCUT2D eigenvalue weighted by atomic mass is 35.5. The lowest BCUT2D eigenvalue weighted by molar-refractivity contribution is -0.141. The number of aryl methyl sites for hydroxylation is 1. The van der Waals surface area contributed by atoms with Crippen molar-refractivity contribution in [2.75, 3.05) is 0 Å². The highest BCUT2D eigenvalue weighted by Gasteiger charge is 2.36. The molecule has 5 rings (SSSR count). The number of aromatic nitrogens is 2. The Morgan fingerprint density at radius 3 is 2.43 bits per heavy atom. The van der Waals surface area contributed by atoms with Gasteiger partial charge in [0.15, 0.2) is 5.69 Å². The minimum absolute atomic E-state index is 0.0615. The number of hydrogen-bond donors (Lipinski definition) is 0. The molecular weight excluding hydrogens is 524 g/mol. The molecule has 190 valence electrons. The summed E-state index contributed by atoms with van der Waals surface area (Å²) in [6, 6.07) is 15.3. The topological polar surface area (TPSA) is 48.2 Å². The Kier molecular flexibility index (Phi) is 7.01. The number of benzene rings is 2. The first kappa shape index (κ1) is 25.4. The average molecular weight is 545 g/mol. The number of alkyl halides is 3. The zero-order valence-electron chi connectivity index (χ0n) is 19.7. The van der Waals surface area contributed by atoms with E-state index in [1.165, 1.54) is 18.2 Å². The van der Waals surface area contributed by atoms with Crippen LogP contribution in [0.1, 0.15) is 52.5 Å². The maximum absolute atomic E-state index is 13.9. The summed E-state index contributed by atoms with van der Waals surface area (Å²) < 4.78 is 53.0. The van der Waals surface area contributed by atoms with E-state index in [4.69, 9.17) is 32.5 Å². The van der Waals surface area contributed by atoms with Gasteiger partial charge in [0.2, 0.25) is 5.88 Å². The minimum Gasteiger partial charge on any atom is -0.473 e. The second-order valence-electron chi connectivity index (χ2n) is 8.87. The first-order valence-corrected chi connectivity index (χ1v) is 12.3. The molecule has 0 unspecified atom stereocenters. The molecule has 0 atom stereocenters. The van der Waals surface area contributed by atoms with Gasteiger partial charge >= 0.3 is 6.18 Å². The molecule has 2 heterocycles. The fraction of sp³-hybridized carbons (Fsp3) is 0.214. The van der Waals surface area contributed by atoms with Gasteiger partial charge in [0.1, 0.15) is 18.1 Å². The van der Waals surface area contributed by atoms with Gasteiger partial charge in [-0.05, 0) is 43.5 Å². The molecule has 1 aliphatic rings. The molecule has 1 saturated carbocycles. The lowest BCUT2D eigenvalue weighted by atomic mass is 10.0. The van der Waals surface area contributed by atoms with Crippen LogP contribution in [0.4, 0.5) is 13.2 Å². The van der Waals surface area contributed by atoms with Crippen LogP contribution in [-0.4, -0.2) is 10.1 Å². The molecule has 0 spiro atoms. The van der Waals surface area contributed by atoms with Crippen molar-refractivity contribution in [1.29, 1.82) is 0 Å². The van der Waals surface area contributed by atoms with Crippen molar-refractivity contribution >= 4 is 35.4 Å². The summed E-state index contributed by atoms with van der Waals surface area (Å²) >= 11 is 12.8. The van der Waals surface area contributed by atoms with Gasteiger partial charge in [0.05, 0.1) is 15.6 Å². The Labute approximate surface area is 221 Å². The van der Waals surface area contributed by atoms with Gasteiger partial charge in [-0.3, -0.25) is 0 Å². The van der Waals surface area contributed by atoms with Crippen LogP contribution in [0.15, 0.2) is 59.1 Å². The molecule has 0 saturated heterocycles. The third kappa shape index (κ3) is 5.68. The molecule has 0 radical (unpaired) electrons. The standard InChI is InChI=1S/C28H21Cl2F3N2O2/c1-16-4-2-5-17(14-16)8-9-19-12-13-23(34-27(19)28(31,32)33)36-15-20-25(35-37-26(20)18-10-11-18)24-21(29)6-3-7-22(24)30/h2-9,12-14,18H,10-11,15H2,1H3. The second kappa shape index (κ2) is 10.2. The van der Waals surface area contributed by atoms with Crippen LogP contribution in [-0.2, 0) is 12.8 Å². The lowest BCUT2D eigenvalue weighted by Gasteiger charge is -2.13. The Bertz CT molecular complexity index is 1460. The van der Waals surface area contributed by atoms with Crippen LogP contribution in [0.2, 0.25) is 10.0 Å². The second-order valence-corrected chi connectivity index (χ2v) is 9.68. The molecule has 9 heteroatoms. The Morgan fingerprint density at radius 1 is 1.03 bits per heavy atom. The normalized spacial score (nSPS) is 13.9. The molecule has 0 amide bonds. The molecule has 0 N–H and O–H groups in total. The van der Waals surface area contributed by atoms with E-state index < -0.39 is 11.9 Å². The number of nitrogens with zero attached hydrogens (tertiary/aromatic N) is 2. The van der Waals surface area contributed by atoms with Crippen molar-refractivity contribution in [2.45, 2.75) is 38.5 Å². The summed E-state index contributed by atoms with van der Waals surface area (Å²) in [5, 5.41) is 4.94. The maximum Gasteiger partial charge on any atom is 0.434 e. The molecule has 2 aromatic carbocycles. The molecular formula is C28H21Cl2F3N2O2. The molecule has 2 aromatic heterocycles. The largest absolute Gasteiger partial charge is 0.473 e. The summed E-state index contributed by atoms with van der Waals surface area (Å²) in [5.74, 6) is 0.632. The predicted octanol–water partition coefficient (Wildman–Crippen LogP) is 9.00. The van der Waals surface area contributed by atoms with Crippen molar-refractivity contribution < 1.29 is 22.4 Å². The van der Waals surface area contributed by atoms with Crippen molar-refractivity contribution in [2.24, 2.45) is 0 Å². The summed E-state index contributed by atoms with van der Waals surface area (Å²) in [7, 11) is 0. The highest BCUT2D eigenvalue weighted by molar-refractivity contribution is 6.39. The van der Waals surface area contributed by atoms with Gasteiger partial charge in [-0.1, -0.05) is 76.4 Å². The molecule has 0 aliphatic heterocycles. The third-order valence-electron chi connectivity index (χ3n) is 6.00. The summed E-state index contributed by atoms with van der Waals surface area (Å²) in [6.45, 7) is 1.82. The first-order chi connectivity index (χ1) is 17.7. The SMILES string of the molecule is Cc1cccc(C=Cc2ccc(OCc3c(-c4c(Cl)cccc4Cl)noc3C3CC3)nc2C(F)(F)F)c1. The Morgan fingerprint density at radius 2 is 1.76 bits per heavy atom. The summed E-state index contributed by atoms with van der Waals surface area (Å²) in [5.41, 5.74) is 2.20. The fourth-order valence-electron chi connectivity index (χ4n) is 4.05. The monoisotopic (exact) mass is 544 g/mol. The number of halogens is 5. The van der Waals surface area contributed by atoms with Gasteiger partial charge in [0.25, 0.3) is 0 Å². The third-order valence-corrected chi connectivity index (χ3v) is 6.63. The van der Waals surface area contributed by atoms with Crippen LogP contribution in [0.25, 0.3) is 23.4 Å². The van der Waals surface area contributed by atoms with Crippen molar-refractivity contribution in [3.63, 3.8) is 0 Å². The molecule has 1 fully saturated rings. The number of ether oxygens (including phenoxy) is 1. The average Bonchev–Trinajstić information content (AvgIpc) is 3.61. The smallest absolute Gasteiger partial charge is 0.434 e. The number of rotatable bonds is 7. The Balaban J connectivity index is 1.44. The molecule has 0 bridgehead atoms. The maximum atomic E-state index is 13.9. The molecule has 4 nitrogen and oxygen atoms in total. The highest BCUT2D eigenvalue weighted by Crippen LogP contribution is 2.46. The van der Waals surface area contributed by atoms with Crippen molar-refractivity contribution in [3.05, 3.63) is 98.4 Å². The van der Waals surface area contributed by atoms with Crippen LogP contribution >= 0.6 is 23.2 Å². The van der Waals surface area contributed by atoms with Crippen LogP contribution in [0.5, 0.6) is 5.88 Å². The van der Waals surface area contributed by atoms with Crippen LogP contribution in [0.3, 0.4) is 0 Å². The van der Waals surface area contributed by atoms with Crippen molar-refractivity contribution in [3.8, 4) is 17.1 Å². The zero-order chi connectivity index (χ0) is 26.2. The van der Waals surface area contributed by atoms with Gasteiger partial charge in [-0.25, -0.2) is 4.98 Å². The Hall–Kier alpha value is -3.29. The van der Waals surface area contributed by atoms with E-state index in [9.17, 15) is 13.2 Å². The summed E-state index contributed by atoms with van der Waals surface area (Å²) in [4.78, 5) is 3.80. The van der Waals surface area contributed by atoms with E-state index in [1.54, 1.807) is 24.3 Å². The predicted molar refractivity (Wildman–Crippen MR) is 138 cm³/mol. The van der Waals surface area contributed by atoms with E-state index in [1.807, 2.05) is 31.2 Å². The number of pyridine rings is 1. The number of hydrogen-bond acceptors (Lipinski definition) is 4. The van der Waals surface area contributed by atoms with E-state index in [0.717, 1.165) is 24.0 Å². The van der Waals surface area contributed by atoms with Gasteiger partial charge in [-0.2, -0.15) is 13.2 Å². The van der Waals surface area contributed by atoms with E-state index in [-0.39, 0.29) is 24.0 Å². The quantitative estimate of drug-likeness (QED) is 0.233. The zero-order valence-corrected chi connectivity index (χ0v) is 21.2. The van der Waals surface area contributed by atoms with Gasteiger partial charge in [0, 0.05) is 23.1 Å². The van der Waals surface area contributed by atoms with Gasteiger partial charge in [-0.15, -0.1) is 0 Å². The first-order valence-electron chi connectivity index (χ1n) is 11.6. The minimum atomic E-state index is -4.67. The van der Waals surface area contributed by atoms with Gasteiger partial charge < -0.3 is 9.26 Å². The molecule has 1 aliphatic carbocycles. The van der Waals surface area contributed by atoms with Crippen LogP contribution in [0, 0.1) is 6.92 Å².